The van der Waals surface area contributed by atoms with E-state index < -0.39 is 12.4 Å². The average molecular weight is 639 g/mol. The van der Waals surface area contributed by atoms with Crippen molar-refractivity contribution in [3.05, 3.63) is 84.2 Å². The van der Waals surface area contributed by atoms with Gasteiger partial charge in [0.1, 0.15) is 17.8 Å². The number of aromatic nitrogens is 3. The monoisotopic (exact) mass is 638 g/mol. The highest BCUT2D eigenvalue weighted by molar-refractivity contribution is 8.14. The molecule has 0 radical (unpaired) electrons. The maximum atomic E-state index is 13.1. The summed E-state index contributed by atoms with van der Waals surface area (Å²) in [6, 6.07) is 18.1. The second-order valence-electron chi connectivity index (χ2n) is 10.7. The van der Waals surface area contributed by atoms with Gasteiger partial charge in [0.05, 0.1) is 18.8 Å². The third-order valence-electron chi connectivity index (χ3n) is 7.17. The molecule has 45 heavy (non-hydrogen) atoms. The Morgan fingerprint density at radius 3 is 2.40 bits per heavy atom. The van der Waals surface area contributed by atoms with Crippen LogP contribution in [0.2, 0.25) is 0 Å². The highest BCUT2D eigenvalue weighted by atomic mass is 32.2. The molecule has 1 atom stereocenters. The van der Waals surface area contributed by atoms with Crippen LogP contribution < -0.4 is 19.7 Å². The van der Waals surface area contributed by atoms with Crippen molar-refractivity contribution in [3.63, 3.8) is 0 Å². The fourth-order valence-electron chi connectivity index (χ4n) is 4.87. The topological polar surface area (TPSA) is 93.9 Å². The molecule has 1 aliphatic heterocycles. The molecular weight excluding hydrogens is 605 g/mol. The Labute approximate surface area is 263 Å². The molecule has 9 nitrogen and oxygen atoms in total. The summed E-state index contributed by atoms with van der Waals surface area (Å²) in [7, 11) is 1.65. The van der Waals surface area contributed by atoms with E-state index in [-0.39, 0.29) is 17.7 Å². The minimum atomic E-state index is -4.76. The van der Waals surface area contributed by atoms with Crippen LogP contribution in [0.5, 0.6) is 11.5 Å². The number of halogens is 3. The number of amides is 2. The van der Waals surface area contributed by atoms with E-state index in [0.717, 1.165) is 46.8 Å². The standard InChI is InChI=1S/C32H33F3N6O3S/c1-20(2)27-18-26(43-4)14-15-28(27)40-16-5-17-45-31(40)38-30(42)37-21(3)22-6-8-23(9-7-22)29-36-19-41(39-29)24-10-12-25(13-11-24)44-32(33,34)35/h6-15,18-21H,5,16-17H2,1-4H3,(H,37,42)/b38-31-. The number of nitrogens with one attached hydrogen (secondary N) is 1. The number of ether oxygens (including phenoxy) is 2. The molecular formula is C32H33F3N6O3S. The van der Waals surface area contributed by atoms with Crippen molar-refractivity contribution in [1.82, 2.24) is 20.1 Å². The quantitative estimate of drug-likeness (QED) is 0.211. The molecule has 4 aromatic rings. The minimum Gasteiger partial charge on any atom is -0.497 e. The molecule has 1 unspecified atom stereocenters. The number of carbonyl (C=O) groups is 1. The third kappa shape index (κ3) is 7.96. The number of nitrogens with zero attached hydrogens (tertiary/aromatic N) is 5. The summed E-state index contributed by atoms with van der Waals surface area (Å²) in [4.78, 5) is 24.0. The first-order valence-corrected chi connectivity index (χ1v) is 15.3. The molecule has 5 rings (SSSR count). The Morgan fingerprint density at radius 2 is 1.73 bits per heavy atom. The predicted molar refractivity (Wildman–Crippen MR) is 169 cm³/mol. The van der Waals surface area contributed by atoms with Crippen LogP contribution in [0.4, 0.5) is 23.7 Å². The van der Waals surface area contributed by atoms with Crippen LogP contribution >= 0.6 is 11.8 Å². The van der Waals surface area contributed by atoms with Crippen LogP contribution in [0.25, 0.3) is 17.1 Å². The molecule has 1 fully saturated rings. The van der Waals surface area contributed by atoms with Gasteiger partial charge in [0.2, 0.25) is 0 Å². The van der Waals surface area contributed by atoms with E-state index in [4.69, 9.17) is 4.74 Å². The number of alkyl halides is 3. The van der Waals surface area contributed by atoms with Gasteiger partial charge >= 0.3 is 12.4 Å². The number of hydrogen-bond donors (Lipinski definition) is 1. The Morgan fingerprint density at radius 1 is 1.02 bits per heavy atom. The number of thioether (sulfide) groups is 1. The van der Waals surface area contributed by atoms with Crippen molar-refractivity contribution in [3.8, 4) is 28.6 Å². The lowest BCUT2D eigenvalue weighted by Gasteiger charge is -2.32. The first-order valence-electron chi connectivity index (χ1n) is 14.4. The summed E-state index contributed by atoms with van der Waals surface area (Å²) < 4.78 is 48.1. The van der Waals surface area contributed by atoms with Crippen molar-refractivity contribution in [1.29, 1.82) is 0 Å². The molecule has 3 aromatic carbocycles. The molecule has 13 heteroatoms. The van der Waals surface area contributed by atoms with E-state index in [1.807, 2.05) is 49.4 Å². The van der Waals surface area contributed by atoms with Gasteiger partial charge in [0.25, 0.3) is 0 Å². The second-order valence-corrected chi connectivity index (χ2v) is 11.7. The maximum absolute atomic E-state index is 13.1. The van der Waals surface area contributed by atoms with Gasteiger partial charge in [-0.2, -0.15) is 4.99 Å². The van der Waals surface area contributed by atoms with Crippen LogP contribution in [0.1, 0.15) is 50.3 Å². The Kier molecular flexibility index (Phi) is 9.66. The highest BCUT2D eigenvalue weighted by Crippen LogP contribution is 2.35. The molecule has 236 valence electrons. The van der Waals surface area contributed by atoms with Gasteiger partial charge in [-0.25, -0.2) is 14.5 Å². The molecule has 0 saturated carbocycles. The van der Waals surface area contributed by atoms with Crippen LogP contribution in [-0.2, 0) is 0 Å². The SMILES string of the molecule is COc1ccc(N2CCCS/C2=N\C(=O)NC(C)c2ccc(-c3ncn(-c4ccc(OC(F)(F)F)cc4)n3)cc2)c(C(C)C)c1. The highest BCUT2D eigenvalue weighted by Gasteiger charge is 2.31. The fourth-order valence-corrected chi connectivity index (χ4v) is 5.82. The van der Waals surface area contributed by atoms with Crippen molar-refractivity contribution >= 4 is 28.6 Å². The van der Waals surface area contributed by atoms with Gasteiger partial charge in [-0.1, -0.05) is 49.9 Å². The second kappa shape index (κ2) is 13.6. The van der Waals surface area contributed by atoms with E-state index in [0.29, 0.717) is 16.7 Å². The number of urea groups is 1. The van der Waals surface area contributed by atoms with Gasteiger partial charge in [-0.15, -0.1) is 18.3 Å². The lowest BCUT2D eigenvalue weighted by molar-refractivity contribution is -0.274. The summed E-state index contributed by atoms with van der Waals surface area (Å²) in [5.41, 5.74) is 4.29. The number of carbonyl (C=O) groups excluding carboxylic acids is 1. The smallest absolute Gasteiger partial charge is 0.497 e. The van der Waals surface area contributed by atoms with Gasteiger partial charge < -0.3 is 19.7 Å². The van der Waals surface area contributed by atoms with Gasteiger partial charge in [-0.05, 0) is 72.9 Å². The number of rotatable bonds is 8. The summed E-state index contributed by atoms with van der Waals surface area (Å²) in [6.45, 7) is 6.92. The normalized spacial score (nSPS) is 15.3. The number of amidine groups is 1. The Balaban J connectivity index is 1.25. The van der Waals surface area contributed by atoms with Crippen LogP contribution in [0.3, 0.4) is 0 Å². The van der Waals surface area contributed by atoms with Crippen LogP contribution in [0.15, 0.2) is 78.0 Å². The lowest BCUT2D eigenvalue weighted by atomic mass is 10.00. The zero-order valence-corrected chi connectivity index (χ0v) is 26.0. The average Bonchev–Trinajstić information content (AvgIpc) is 3.51. The fraction of sp³-hybridized carbons (Fsp3) is 0.312. The maximum Gasteiger partial charge on any atom is 0.573 e. The predicted octanol–water partition coefficient (Wildman–Crippen LogP) is 7.74. The summed E-state index contributed by atoms with van der Waals surface area (Å²) in [5, 5.41) is 8.08. The molecule has 1 saturated heterocycles. The largest absolute Gasteiger partial charge is 0.573 e. The van der Waals surface area contributed by atoms with Crippen LogP contribution in [-0.4, -0.2) is 51.7 Å². The Hall–Kier alpha value is -4.52. The van der Waals surface area contributed by atoms with E-state index in [1.165, 1.54) is 35.3 Å². The number of methoxy groups -OCH3 is 1. The van der Waals surface area contributed by atoms with E-state index in [9.17, 15) is 18.0 Å². The first-order chi connectivity index (χ1) is 21.5. The minimum absolute atomic E-state index is 0.261. The van der Waals surface area contributed by atoms with Gasteiger partial charge in [-0.3, -0.25) is 0 Å². The van der Waals surface area contributed by atoms with E-state index in [2.05, 4.69) is 43.9 Å². The van der Waals surface area contributed by atoms with Crippen LogP contribution in [0, 0.1) is 0 Å². The molecule has 2 amide bonds. The number of anilines is 1. The Bertz CT molecular complexity index is 1660. The molecule has 0 spiro atoms. The van der Waals surface area contributed by atoms with Crippen molar-refractivity contribution in [2.45, 2.75) is 45.5 Å². The molecule has 1 aromatic heterocycles. The summed E-state index contributed by atoms with van der Waals surface area (Å²) in [6.07, 6.45) is -2.30. The first kappa shape index (κ1) is 31.9. The van der Waals surface area contributed by atoms with Crippen molar-refractivity contribution in [2.24, 2.45) is 4.99 Å². The van der Waals surface area contributed by atoms with Gasteiger partial charge in [0.15, 0.2) is 11.0 Å². The van der Waals surface area contributed by atoms with Gasteiger partial charge in [0, 0.05) is 23.5 Å². The molecule has 1 aliphatic rings. The number of hydrogen-bond acceptors (Lipinski definition) is 6. The molecule has 0 bridgehead atoms. The summed E-state index contributed by atoms with van der Waals surface area (Å²) in [5.74, 6) is 2.06. The zero-order valence-electron chi connectivity index (χ0n) is 25.2. The zero-order chi connectivity index (χ0) is 32.1. The lowest BCUT2D eigenvalue weighted by Crippen LogP contribution is -2.36. The molecule has 1 N–H and O–H groups in total. The summed E-state index contributed by atoms with van der Waals surface area (Å²) >= 11 is 1.57. The molecule has 2 heterocycles. The van der Waals surface area contributed by atoms with E-state index >= 15 is 0 Å². The van der Waals surface area contributed by atoms with E-state index in [1.54, 1.807) is 18.9 Å². The third-order valence-corrected chi connectivity index (χ3v) is 8.23. The number of aliphatic imine (C=N–C) groups is 1. The molecule has 0 aliphatic carbocycles. The number of benzene rings is 3. The van der Waals surface area contributed by atoms with Crippen molar-refractivity contribution in [2.75, 3.05) is 24.3 Å². The van der Waals surface area contributed by atoms with Crippen molar-refractivity contribution < 1.29 is 27.4 Å².